The standard InChI is InChI=1S/C12H10BrNO4/c1-6(13)10(15)8-3-2-7(5-14)4-9(8)11(16)12(17)18/h2-4,6,11,16H,1H3,(H,17,18). The minimum Gasteiger partial charge on any atom is -0.479 e. The first kappa shape index (κ1) is 14.4. The molecule has 0 saturated carbocycles. The molecule has 2 N–H and O–H groups in total. The van der Waals surface area contributed by atoms with Crippen LogP contribution in [0.5, 0.6) is 0 Å². The predicted molar refractivity (Wildman–Crippen MR) is 66.5 cm³/mol. The summed E-state index contributed by atoms with van der Waals surface area (Å²) in [4.78, 5) is 22.1. The SMILES string of the molecule is CC(Br)C(=O)c1ccc(C#N)cc1C(O)C(=O)O. The third-order valence-corrected chi connectivity index (χ3v) is 2.75. The average molecular weight is 312 g/mol. The fourth-order valence-electron chi connectivity index (χ4n) is 1.43. The van der Waals surface area contributed by atoms with Crippen molar-refractivity contribution in [2.75, 3.05) is 0 Å². The monoisotopic (exact) mass is 311 g/mol. The van der Waals surface area contributed by atoms with Crippen molar-refractivity contribution in [3.63, 3.8) is 0 Å². The molecular weight excluding hydrogens is 302 g/mol. The van der Waals surface area contributed by atoms with E-state index in [1.54, 1.807) is 6.92 Å². The van der Waals surface area contributed by atoms with Crippen LogP contribution in [-0.4, -0.2) is 26.8 Å². The number of carboxylic acids is 1. The van der Waals surface area contributed by atoms with Gasteiger partial charge in [-0.3, -0.25) is 4.79 Å². The molecule has 2 unspecified atom stereocenters. The number of aliphatic hydroxyl groups is 1. The lowest BCUT2D eigenvalue weighted by Gasteiger charge is -2.13. The maximum absolute atomic E-state index is 11.9. The Kier molecular flexibility index (Phi) is 4.59. The van der Waals surface area contributed by atoms with Crippen LogP contribution in [0.2, 0.25) is 0 Å². The highest BCUT2D eigenvalue weighted by molar-refractivity contribution is 9.10. The van der Waals surface area contributed by atoms with Crippen LogP contribution < -0.4 is 0 Å². The maximum Gasteiger partial charge on any atom is 0.337 e. The first-order valence-corrected chi connectivity index (χ1v) is 5.93. The van der Waals surface area contributed by atoms with Gasteiger partial charge in [-0.2, -0.15) is 5.26 Å². The molecule has 0 aromatic heterocycles. The van der Waals surface area contributed by atoms with E-state index in [1.807, 2.05) is 6.07 Å². The number of ketones is 1. The van der Waals surface area contributed by atoms with Crippen LogP contribution in [0.4, 0.5) is 0 Å². The largest absolute Gasteiger partial charge is 0.479 e. The number of halogens is 1. The van der Waals surface area contributed by atoms with Crippen molar-refractivity contribution in [3.8, 4) is 6.07 Å². The van der Waals surface area contributed by atoms with Crippen molar-refractivity contribution in [2.45, 2.75) is 17.9 Å². The van der Waals surface area contributed by atoms with Crippen molar-refractivity contribution in [3.05, 3.63) is 34.9 Å². The van der Waals surface area contributed by atoms with E-state index in [9.17, 15) is 14.7 Å². The van der Waals surface area contributed by atoms with Crippen molar-refractivity contribution in [2.24, 2.45) is 0 Å². The van der Waals surface area contributed by atoms with Crippen molar-refractivity contribution in [1.82, 2.24) is 0 Å². The molecule has 5 nitrogen and oxygen atoms in total. The van der Waals surface area contributed by atoms with E-state index in [1.165, 1.54) is 18.2 Å². The normalized spacial score (nSPS) is 13.4. The summed E-state index contributed by atoms with van der Waals surface area (Å²) >= 11 is 3.09. The van der Waals surface area contributed by atoms with Gasteiger partial charge in [-0.25, -0.2) is 4.79 Å². The van der Waals surface area contributed by atoms with E-state index in [0.717, 1.165) is 0 Å². The number of Topliss-reactive ketones (excluding diaryl/α,β-unsaturated/α-hetero) is 1. The predicted octanol–water partition coefficient (Wildman–Crippen LogP) is 1.64. The molecule has 0 fully saturated rings. The highest BCUT2D eigenvalue weighted by Gasteiger charge is 2.24. The molecule has 94 valence electrons. The zero-order chi connectivity index (χ0) is 13.9. The fourth-order valence-corrected chi connectivity index (χ4v) is 1.68. The van der Waals surface area contributed by atoms with Crippen LogP contribution in [0, 0.1) is 11.3 Å². The highest BCUT2D eigenvalue weighted by atomic mass is 79.9. The minimum atomic E-state index is -1.83. The van der Waals surface area contributed by atoms with E-state index < -0.39 is 16.9 Å². The number of nitriles is 1. The van der Waals surface area contributed by atoms with Crippen molar-refractivity contribution >= 4 is 27.7 Å². The number of carbonyl (C=O) groups is 2. The second-order valence-electron chi connectivity index (χ2n) is 3.63. The summed E-state index contributed by atoms with van der Waals surface area (Å²) in [7, 11) is 0. The lowest BCUT2D eigenvalue weighted by molar-refractivity contribution is -0.146. The number of hydrogen-bond donors (Lipinski definition) is 2. The summed E-state index contributed by atoms with van der Waals surface area (Å²) in [5, 5.41) is 27.1. The van der Waals surface area contributed by atoms with E-state index in [4.69, 9.17) is 10.4 Å². The van der Waals surface area contributed by atoms with Gasteiger partial charge in [-0.05, 0) is 25.1 Å². The molecule has 0 aliphatic heterocycles. The summed E-state index contributed by atoms with van der Waals surface area (Å²) in [6.45, 7) is 1.59. The van der Waals surface area contributed by atoms with Gasteiger partial charge in [0.05, 0.1) is 16.5 Å². The van der Waals surface area contributed by atoms with Gasteiger partial charge in [0.2, 0.25) is 0 Å². The van der Waals surface area contributed by atoms with Crippen molar-refractivity contribution in [1.29, 1.82) is 5.26 Å². The van der Waals surface area contributed by atoms with Gasteiger partial charge < -0.3 is 10.2 Å². The van der Waals surface area contributed by atoms with Crippen LogP contribution in [0.3, 0.4) is 0 Å². The Bertz CT molecular complexity index is 533. The molecule has 0 spiro atoms. The average Bonchev–Trinajstić information content (AvgIpc) is 2.35. The topological polar surface area (TPSA) is 98.4 Å². The van der Waals surface area contributed by atoms with Gasteiger partial charge in [0.25, 0.3) is 0 Å². The number of alkyl halides is 1. The quantitative estimate of drug-likeness (QED) is 0.650. The summed E-state index contributed by atoms with van der Waals surface area (Å²) in [6, 6.07) is 5.79. The number of carboxylic acid groups (broad SMARTS) is 1. The van der Waals surface area contributed by atoms with Crippen LogP contribution in [0.25, 0.3) is 0 Å². The zero-order valence-electron chi connectivity index (χ0n) is 9.42. The summed E-state index contributed by atoms with van der Waals surface area (Å²) in [6.07, 6.45) is -1.83. The van der Waals surface area contributed by atoms with E-state index in [0.29, 0.717) is 0 Å². The molecule has 0 bridgehead atoms. The molecular formula is C12H10BrNO4. The van der Waals surface area contributed by atoms with Gasteiger partial charge in [-0.1, -0.05) is 15.9 Å². The molecule has 1 rings (SSSR count). The molecule has 0 aliphatic carbocycles. The molecule has 0 saturated heterocycles. The van der Waals surface area contributed by atoms with Crippen LogP contribution >= 0.6 is 15.9 Å². The summed E-state index contributed by atoms with van der Waals surface area (Å²) < 4.78 is 0. The Balaban J connectivity index is 3.39. The van der Waals surface area contributed by atoms with E-state index in [-0.39, 0.29) is 22.5 Å². The van der Waals surface area contributed by atoms with E-state index in [2.05, 4.69) is 15.9 Å². The Morgan fingerprint density at radius 1 is 1.44 bits per heavy atom. The van der Waals surface area contributed by atoms with Crippen LogP contribution in [0.1, 0.15) is 34.5 Å². The number of nitrogens with zero attached hydrogens (tertiary/aromatic N) is 1. The molecule has 18 heavy (non-hydrogen) atoms. The molecule has 1 aromatic carbocycles. The van der Waals surface area contributed by atoms with Crippen molar-refractivity contribution < 1.29 is 19.8 Å². The number of rotatable bonds is 4. The highest BCUT2D eigenvalue weighted by Crippen LogP contribution is 2.23. The van der Waals surface area contributed by atoms with Gasteiger partial charge >= 0.3 is 5.97 Å². The third kappa shape index (κ3) is 2.94. The molecule has 0 radical (unpaired) electrons. The number of aliphatic carboxylic acids is 1. The van der Waals surface area contributed by atoms with Crippen LogP contribution in [0.15, 0.2) is 18.2 Å². The number of hydrogen-bond acceptors (Lipinski definition) is 4. The Morgan fingerprint density at radius 3 is 2.50 bits per heavy atom. The van der Waals surface area contributed by atoms with E-state index >= 15 is 0 Å². The number of benzene rings is 1. The zero-order valence-corrected chi connectivity index (χ0v) is 11.0. The second-order valence-corrected chi connectivity index (χ2v) is 5.01. The molecule has 0 heterocycles. The molecule has 6 heteroatoms. The Labute approximate surface area is 112 Å². The van der Waals surface area contributed by atoms with Gasteiger partial charge in [0.15, 0.2) is 11.9 Å². The molecule has 2 atom stereocenters. The minimum absolute atomic E-state index is 0.0714. The lowest BCUT2D eigenvalue weighted by Crippen LogP contribution is -2.18. The molecule has 1 aromatic rings. The number of aliphatic hydroxyl groups excluding tert-OH is 1. The number of carbonyl (C=O) groups excluding carboxylic acids is 1. The molecule has 0 aliphatic rings. The van der Waals surface area contributed by atoms with Crippen LogP contribution in [-0.2, 0) is 4.79 Å². The Hall–Kier alpha value is -1.71. The third-order valence-electron chi connectivity index (χ3n) is 2.34. The van der Waals surface area contributed by atoms with Gasteiger partial charge in [-0.15, -0.1) is 0 Å². The first-order chi connectivity index (χ1) is 8.38. The maximum atomic E-state index is 11.9. The first-order valence-electron chi connectivity index (χ1n) is 5.01. The second kappa shape index (κ2) is 5.76. The van der Waals surface area contributed by atoms with Gasteiger partial charge in [0, 0.05) is 11.1 Å². The lowest BCUT2D eigenvalue weighted by atomic mass is 9.96. The summed E-state index contributed by atoms with van der Waals surface area (Å²) in [5.74, 6) is -1.82. The molecule has 0 amide bonds. The summed E-state index contributed by atoms with van der Waals surface area (Å²) in [5.41, 5.74) is 0.204. The smallest absolute Gasteiger partial charge is 0.337 e. The van der Waals surface area contributed by atoms with Gasteiger partial charge in [0.1, 0.15) is 0 Å². The fraction of sp³-hybridized carbons (Fsp3) is 0.250. The Morgan fingerprint density at radius 2 is 2.06 bits per heavy atom.